The highest BCUT2D eigenvalue weighted by molar-refractivity contribution is 5.98. The Morgan fingerprint density at radius 1 is 1.00 bits per heavy atom. The fraction of sp³-hybridized carbons (Fsp3) is 0.321. The number of nitrogens with zero attached hydrogens (tertiary/aromatic N) is 2. The first-order chi connectivity index (χ1) is 17.0. The van der Waals surface area contributed by atoms with Gasteiger partial charge in [0, 0.05) is 35.6 Å². The average Bonchev–Trinajstić information content (AvgIpc) is 3.39. The Balaban J connectivity index is 1.48. The van der Waals surface area contributed by atoms with Crippen molar-refractivity contribution < 1.29 is 19.8 Å². The van der Waals surface area contributed by atoms with Crippen LogP contribution in [0.15, 0.2) is 67.3 Å². The van der Waals surface area contributed by atoms with E-state index >= 15 is 0 Å². The molecule has 0 aliphatic heterocycles. The zero-order valence-electron chi connectivity index (χ0n) is 19.9. The van der Waals surface area contributed by atoms with Crippen LogP contribution in [0.5, 0.6) is 0 Å². The Kier molecular flexibility index (Phi) is 9.79. The number of hydrogen-bond acceptors (Lipinski definition) is 5. The van der Waals surface area contributed by atoms with Crippen LogP contribution >= 0.6 is 0 Å². The van der Waals surface area contributed by atoms with E-state index in [1.165, 1.54) is 18.9 Å². The van der Waals surface area contributed by atoms with Gasteiger partial charge in [0.2, 0.25) is 0 Å². The van der Waals surface area contributed by atoms with E-state index in [0.717, 1.165) is 36.9 Å². The standard InChI is InChI=1S/C28H31N3O4/c1-21(33)27(26(34)19-32)30-28(35)25-14-12-24(13-15-25)11-10-23-8-6-22(7-9-23)5-3-2-4-17-31-18-16-29-20-31/h6-9,12-16,18,20-21,27,32-33H,2-5,17,19H2,1H3,(H,30,35)/t21-,27+/m1/s1. The summed E-state index contributed by atoms with van der Waals surface area (Å²) in [5.41, 5.74) is 3.30. The van der Waals surface area contributed by atoms with Crippen molar-refractivity contribution in [2.24, 2.45) is 0 Å². The number of aryl methyl sites for hydroxylation is 2. The molecule has 0 aliphatic rings. The summed E-state index contributed by atoms with van der Waals surface area (Å²) >= 11 is 0. The second kappa shape index (κ2) is 13.2. The number of aromatic nitrogens is 2. The molecule has 0 aliphatic carbocycles. The Hall–Kier alpha value is -3.73. The Morgan fingerprint density at radius 2 is 1.66 bits per heavy atom. The van der Waals surface area contributed by atoms with E-state index in [0.29, 0.717) is 5.56 Å². The molecule has 7 heteroatoms. The van der Waals surface area contributed by atoms with E-state index in [1.54, 1.807) is 30.5 Å². The number of hydrogen-bond donors (Lipinski definition) is 3. The van der Waals surface area contributed by atoms with E-state index in [4.69, 9.17) is 5.11 Å². The van der Waals surface area contributed by atoms with Crippen LogP contribution in [0.25, 0.3) is 0 Å². The Labute approximate surface area is 205 Å². The highest BCUT2D eigenvalue weighted by Gasteiger charge is 2.25. The summed E-state index contributed by atoms with van der Waals surface area (Å²) in [6.07, 6.45) is 9.03. The van der Waals surface area contributed by atoms with E-state index in [9.17, 15) is 14.7 Å². The molecule has 3 aromatic rings. The van der Waals surface area contributed by atoms with Crippen molar-refractivity contribution in [2.75, 3.05) is 6.61 Å². The minimum absolute atomic E-state index is 0.335. The lowest BCUT2D eigenvalue weighted by atomic mass is 10.0. The van der Waals surface area contributed by atoms with Crippen LogP contribution in [-0.2, 0) is 17.8 Å². The van der Waals surface area contributed by atoms with Gasteiger partial charge in [-0.15, -0.1) is 0 Å². The first-order valence-electron chi connectivity index (χ1n) is 11.8. The van der Waals surface area contributed by atoms with Gasteiger partial charge in [-0.25, -0.2) is 4.98 Å². The molecule has 3 rings (SSSR count). The van der Waals surface area contributed by atoms with Crippen LogP contribution in [0.4, 0.5) is 0 Å². The summed E-state index contributed by atoms with van der Waals surface area (Å²) < 4.78 is 2.10. The molecule has 3 N–H and O–H groups in total. The average molecular weight is 474 g/mol. The summed E-state index contributed by atoms with van der Waals surface area (Å²) in [5.74, 6) is 5.07. The quantitative estimate of drug-likeness (QED) is 0.293. The number of aliphatic hydroxyl groups is 2. The smallest absolute Gasteiger partial charge is 0.251 e. The normalized spacial score (nSPS) is 12.3. The largest absolute Gasteiger partial charge is 0.391 e. The zero-order valence-corrected chi connectivity index (χ0v) is 19.9. The summed E-state index contributed by atoms with van der Waals surface area (Å²) in [7, 11) is 0. The molecular formula is C28H31N3O4. The summed E-state index contributed by atoms with van der Waals surface area (Å²) in [4.78, 5) is 28.1. The summed E-state index contributed by atoms with van der Waals surface area (Å²) in [6, 6.07) is 13.8. The first kappa shape index (κ1) is 25.9. The maximum Gasteiger partial charge on any atom is 0.251 e. The van der Waals surface area contributed by atoms with Crippen LogP contribution in [0.2, 0.25) is 0 Å². The number of carbonyl (C=O) groups excluding carboxylic acids is 2. The molecule has 0 radical (unpaired) electrons. The van der Waals surface area contributed by atoms with Gasteiger partial charge >= 0.3 is 0 Å². The zero-order chi connectivity index (χ0) is 25.0. The van der Waals surface area contributed by atoms with Gasteiger partial charge in [0.05, 0.1) is 12.4 Å². The third kappa shape index (κ3) is 8.21. The number of ketones is 1. The number of benzene rings is 2. The van der Waals surface area contributed by atoms with Crippen LogP contribution in [0.3, 0.4) is 0 Å². The van der Waals surface area contributed by atoms with Crippen molar-refractivity contribution in [3.05, 3.63) is 89.5 Å². The molecule has 182 valence electrons. The molecule has 1 amide bonds. The van der Waals surface area contributed by atoms with Crippen molar-refractivity contribution in [1.82, 2.24) is 14.9 Å². The molecule has 1 heterocycles. The van der Waals surface area contributed by atoms with Crippen molar-refractivity contribution >= 4 is 11.7 Å². The van der Waals surface area contributed by atoms with E-state index in [2.05, 4.69) is 38.8 Å². The van der Waals surface area contributed by atoms with Crippen LogP contribution in [0, 0.1) is 11.8 Å². The van der Waals surface area contributed by atoms with Gasteiger partial charge in [-0.2, -0.15) is 0 Å². The third-order valence-electron chi connectivity index (χ3n) is 5.66. The van der Waals surface area contributed by atoms with Crippen molar-refractivity contribution in [2.45, 2.75) is 51.3 Å². The predicted molar refractivity (Wildman–Crippen MR) is 134 cm³/mol. The van der Waals surface area contributed by atoms with Crippen LogP contribution in [0.1, 0.15) is 53.2 Å². The minimum Gasteiger partial charge on any atom is -0.391 e. The highest BCUT2D eigenvalue weighted by atomic mass is 16.3. The molecule has 1 aromatic heterocycles. The summed E-state index contributed by atoms with van der Waals surface area (Å²) in [6.45, 7) is 1.64. The number of rotatable bonds is 11. The first-order valence-corrected chi connectivity index (χ1v) is 11.8. The van der Waals surface area contributed by atoms with Gasteiger partial charge in [-0.1, -0.05) is 30.4 Å². The van der Waals surface area contributed by atoms with Gasteiger partial charge in [0.25, 0.3) is 5.91 Å². The highest BCUT2D eigenvalue weighted by Crippen LogP contribution is 2.10. The minimum atomic E-state index is -1.16. The molecule has 35 heavy (non-hydrogen) atoms. The van der Waals surface area contributed by atoms with Gasteiger partial charge in [0.1, 0.15) is 12.6 Å². The second-order valence-electron chi connectivity index (χ2n) is 8.45. The molecule has 7 nitrogen and oxygen atoms in total. The fourth-order valence-electron chi connectivity index (χ4n) is 3.62. The van der Waals surface area contributed by atoms with Crippen LogP contribution < -0.4 is 5.32 Å². The Bertz CT molecular complexity index is 1140. The molecule has 0 saturated heterocycles. The summed E-state index contributed by atoms with van der Waals surface area (Å²) in [5, 5.41) is 21.1. The number of unbranched alkanes of at least 4 members (excludes halogenated alkanes) is 2. The predicted octanol–water partition coefficient (Wildman–Crippen LogP) is 2.74. The van der Waals surface area contributed by atoms with Crippen LogP contribution in [-0.4, -0.2) is 50.2 Å². The van der Waals surface area contributed by atoms with E-state index in [-0.39, 0.29) is 0 Å². The lowest BCUT2D eigenvalue weighted by Gasteiger charge is -2.19. The molecule has 2 aromatic carbocycles. The van der Waals surface area contributed by atoms with E-state index < -0.39 is 30.4 Å². The lowest BCUT2D eigenvalue weighted by Crippen LogP contribution is -2.48. The number of imidazole rings is 1. The Morgan fingerprint density at radius 3 is 2.23 bits per heavy atom. The number of amides is 1. The molecule has 2 atom stereocenters. The molecule has 0 spiro atoms. The second-order valence-corrected chi connectivity index (χ2v) is 8.45. The van der Waals surface area contributed by atoms with Crippen molar-refractivity contribution in [1.29, 1.82) is 0 Å². The fourth-order valence-corrected chi connectivity index (χ4v) is 3.62. The number of nitrogens with one attached hydrogen (secondary N) is 1. The molecule has 0 bridgehead atoms. The molecule has 0 fully saturated rings. The maximum atomic E-state index is 12.4. The van der Waals surface area contributed by atoms with E-state index in [1.807, 2.05) is 24.7 Å². The third-order valence-corrected chi connectivity index (χ3v) is 5.66. The maximum absolute atomic E-state index is 12.4. The molecule has 0 unspecified atom stereocenters. The monoisotopic (exact) mass is 473 g/mol. The molecular weight excluding hydrogens is 442 g/mol. The van der Waals surface area contributed by atoms with Gasteiger partial charge in [-0.05, 0) is 68.1 Å². The van der Waals surface area contributed by atoms with Gasteiger partial charge in [0.15, 0.2) is 5.78 Å². The SMILES string of the molecule is C[C@@H](O)[C@H](NC(=O)c1ccc(C#Cc2ccc(CCCCCn3ccnc3)cc2)cc1)C(=O)CO. The number of aliphatic hydroxyl groups excluding tert-OH is 2. The number of carbonyl (C=O) groups is 2. The lowest BCUT2D eigenvalue weighted by molar-refractivity contribution is -0.125. The van der Waals surface area contributed by atoms with Crippen molar-refractivity contribution in [3.63, 3.8) is 0 Å². The molecule has 0 saturated carbocycles. The topological polar surface area (TPSA) is 104 Å². The van der Waals surface area contributed by atoms with Gasteiger partial charge in [-0.3, -0.25) is 9.59 Å². The van der Waals surface area contributed by atoms with Crippen molar-refractivity contribution in [3.8, 4) is 11.8 Å². The number of Topliss-reactive ketones (excluding diaryl/α,β-unsaturated/α-hetero) is 1. The van der Waals surface area contributed by atoms with Gasteiger partial charge < -0.3 is 20.1 Å².